The summed E-state index contributed by atoms with van der Waals surface area (Å²) >= 11 is 0. The van der Waals surface area contributed by atoms with Gasteiger partial charge < -0.3 is 14.4 Å². The highest BCUT2D eigenvalue weighted by Crippen LogP contribution is 2.34. The van der Waals surface area contributed by atoms with Crippen molar-refractivity contribution in [1.29, 1.82) is 0 Å². The molecule has 0 aliphatic carbocycles. The van der Waals surface area contributed by atoms with Gasteiger partial charge in [-0.3, -0.25) is 0 Å². The zero-order valence-electron chi connectivity index (χ0n) is 16.4. The Morgan fingerprint density at radius 3 is 2.54 bits per heavy atom. The summed E-state index contributed by atoms with van der Waals surface area (Å²) in [5.74, 6) is 1.02. The summed E-state index contributed by atoms with van der Waals surface area (Å²) in [6.07, 6.45) is 2.05. The van der Waals surface area contributed by atoms with E-state index in [2.05, 4.69) is 38.0 Å². The fourth-order valence-electron chi connectivity index (χ4n) is 3.30. The first-order valence-corrected chi connectivity index (χ1v) is 9.00. The molecule has 0 aliphatic rings. The molecule has 26 heavy (non-hydrogen) atoms. The predicted molar refractivity (Wildman–Crippen MR) is 105 cm³/mol. The lowest BCUT2D eigenvalue weighted by molar-refractivity contribution is 0.273. The lowest BCUT2D eigenvalue weighted by Gasteiger charge is -2.13. The van der Waals surface area contributed by atoms with Crippen molar-refractivity contribution in [2.75, 3.05) is 13.7 Å². The number of aliphatic hydroxyl groups excluding tert-OH is 1. The second-order valence-electron chi connectivity index (χ2n) is 7.25. The molecule has 0 fully saturated rings. The zero-order valence-corrected chi connectivity index (χ0v) is 16.4. The Kier molecular flexibility index (Phi) is 5.01. The van der Waals surface area contributed by atoms with E-state index in [1.54, 1.807) is 7.11 Å². The van der Waals surface area contributed by atoms with Gasteiger partial charge in [-0.15, -0.1) is 0 Å². The monoisotopic (exact) mass is 353 g/mol. The Morgan fingerprint density at radius 2 is 1.92 bits per heavy atom. The second-order valence-corrected chi connectivity index (χ2v) is 7.25. The number of hydrogen-bond acceptors (Lipinski definition) is 4. The Hall–Kier alpha value is -2.40. The van der Waals surface area contributed by atoms with E-state index in [9.17, 15) is 5.11 Å². The summed E-state index contributed by atoms with van der Waals surface area (Å²) in [6, 6.07) is 6.23. The van der Waals surface area contributed by atoms with E-state index in [4.69, 9.17) is 9.72 Å². The maximum absolute atomic E-state index is 9.54. The van der Waals surface area contributed by atoms with Crippen molar-refractivity contribution in [3.05, 3.63) is 41.2 Å². The SMILES string of the molecule is COc1nc(C(C)C)ccc1-c1nc2c(cc1C)c([C@@H](C)CO)cn2C. The van der Waals surface area contributed by atoms with Crippen LogP contribution in [0.25, 0.3) is 22.3 Å². The van der Waals surface area contributed by atoms with Gasteiger partial charge in [0.05, 0.1) is 18.4 Å². The van der Waals surface area contributed by atoms with Gasteiger partial charge in [-0.2, -0.15) is 0 Å². The first-order chi connectivity index (χ1) is 12.4. The van der Waals surface area contributed by atoms with Crippen LogP contribution in [0.1, 0.15) is 49.4 Å². The molecule has 0 saturated carbocycles. The van der Waals surface area contributed by atoms with Crippen LogP contribution >= 0.6 is 0 Å². The topological polar surface area (TPSA) is 60.2 Å². The molecule has 5 heteroatoms. The molecule has 5 nitrogen and oxygen atoms in total. The van der Waals surface area contributed by atoms with E-state index in [-0.39, 0.29) is 12.5 Å². The molecule has 0 spiro atoms. The van der Waals surface area contributed by atoms with Crippen LogP contribution in [0.3, 0.4) is 0 Å². The van der Waals surface area contributed by atoms with Crippen LogP contribution in [0.4, 0.5) is 0 Å². The quantitative estimate of drug-likeness (QED) is 0.748. The van der Waals surface area contributed by atoms with Gasteiger partial charge in [0.1, 0.15) is 5.65 Å². The number of fused-ring (bicyclic) bond motifs is 1. The lowest BCUT2D eigenvalue weighted by Crippen LogP contribution is -2.01. The molecule has 0 aromatic carbocycles. The summed E-state index contributed by atoms with van der Waals surface area (Å²) in [5, 5.41) is 10.6. The highest BCUT2D eigenvalue weighted by atomic mass is 16.5. The molecule has 138 valence electrons. The van der Waals surface area contributed by atoms with Crippen molar-refractivity contribution in [2.24, 2.45) is 7.05 Å². The summed E-state index contributed by atoms with van der Waals surface area (Å²) < 4.78 is 7.57. The van der Waals surface area contributed by atoms with E-state index >= 15 is 0 Å². The molecule has 0 bridgehead atoms. The molecule has 1 N–H and O–H groups in total. The Balaban J connectivity index is 2.21. The summed E-state index contributed by atoms with van der Waals surface area (Å²) in [6.45, 7) is 8.43. The molecule has 1 atom stereocenters. The van der Waals surface area contributed by atoms with E-state index in [1.807, 2.05) is 30.7 Å². The predicted octanol–water partition coefficient (Wildman–Crippen LogP) is 4.17. The number of aromatic nitrogens is 3. The second kappa shape index (κ2) is 7.08. The van der Waals surface area contributed by atoms with Crippen LogP contribution < -0.4 is 4.74 Å². The van der Waals surface area contributed by atoms with Crippen molar-refractivity contribution < 1.29 is 9.84 Å². The molecule has 0 unspecified atom stereocenters. The number of aryl methyl sites for hydroxylation is 2. The molecule has 3 heterocycles. The molecule has 0 saturated heterocycles. The van der Waals surface area contributed by atoms with Gasteiger partial charge in [0, 0.05) is 36.8 Å². The molecule has 0 radical (unpaired) electrons. The Bertz CT molecular complexity index is 944. The average molecular weight is 353 g/mol. The third-order valence-corrected chi connectivity index (χ3v) is 4.90. The van der Waals surface area contributed by atoms with Crippen LogP contribution in [0.15, 0.2) is 24.4 Å². The first-order valence-electron chi connectivity index (χ1n) is 9.00. The van der Waals surface area contributed by atoms with Crippen LogP contribution in [-0.4, -0.2) is 33.4 Å². The fraction of sp³-hybridized carbons (Fsp3) is 0.429. The minimum atomic E-state index is 0.0762. The minimum Gasteiger partial charge on any atom is -0.480 e. The van der Waals surface area contributed by atoms with E-state index in [0.717, 1.165) is 39.1 Å². The fourth-order valence-corrected chi connectivity index (χ4v) is 3.30. The molecular weight excluding hydrogens is 326 g/mol. The summed E-state index contributed by atoms with van der Waals surface area (Å²) in [5.41, 5.74) is 5.86. The normalized spacial score (nSPS) is 12.8. The maximum atomic E-state index is 9.54. The van der Waals surface area contributed by atoms with Crippen LogP contribution in [0.5, 0.6) is 5.88 Å². The van der Waals surface area contributed by atoms with Crippen molar-refractivity contribution in [2.45, 2.75) is 39.5 Å². The highest BCUT2D eigenvalue weighted by molar-refractivity contribution is 5.86. The minimum absolute atomic E-state index is 0.0762. The van der Waals surface area contributed by atoms with Gasteiger partial charge in [-0.05, 0) is 42.2 Å². The van der Waals surface area contributed by atoms with Gasteiger partial charge in [0.25, 0.3) is 0 Å². The van der Waals surface area contributed by atoms with Crippen LogP contribution in [-0.2, 0) is 7.05 Å². The van der Waals surface area contributed by atoms with Gasteiger partial charge in [-0.25, -0.2) is 9.97 Å². The van der Waals surface area contributed by atoms with Crippen molar-refractivity contribution >= 4 is 11.0 Å². The largest absolute Gasteiger partial charge is 0.480 e. The molecular formula is C21H27N3O2. The van der Waals surface area contributed by atoms with Crippen LogP contribution in [0, 0.1) is 6.92 Å². The molecule has 0 aliphatic heterocycles. The maximum Gasteiger partial charge on any atom is 0.222 e. The first kappa shape index (κ1) is 18.4. The van der Waals surface area contributed by atoms with Gasteiger partial charge in [0.15, 0.2) is 0 Å². The standard InChI is InChI=1S/C21H27N3O2/c1-12(2)18-8-7-15(21(22-18)26-6)19-13(3)9-16-17(14(4)11-25)10-24(5)20(16)23-19/h7-10,12,14,25H,11H2,1-6H3/t14-/m0/s1. The molecule has 3 rings (SSSR count). The molecule has 3 aromatic rings. The zero-order chi connectivity index (χ0) is 19.0. The molecule has 0 amide bonds. The third-order valence-electron chi connectivity index (χ3n) is 4.90. The lowest BCUT2D eigenvalue weighted by atomic mass is 9.99. The Morgan fingerprint density at radius 1 is 1.19 bits per heavy atom. The number of nitrogens with zero attached hydrogens (tertiary/aromatic N) is 3. The number of hydrogen-bond donors (Lipinski definition) is 1. The number of aliphatic hydroxyl groups is 1. The Labute approximate surface area is 154 Å². The number of rotatable bonds is 5. The van der Waals surface area contributed by atoms with Crippen molar-refractivity contribution in [3.8, 4) is 17.1 Å². The van der Waals surface area contributed by atoms with Gasteiger partial charge in [-0.1, -0.05) is 20.8 Å². The summed E-state index contributed by atoms with van der Waals surface area (Å²) in [4.78, 5) is 9.58. The number of pyridine rings is 2. The van der Waals surface area contributed by atoms with Crippen molar-refractivity contribution in [1.82, 2.24) is 14.5 Å². The van der Waals surface area contributed by atoms with Crippen LogP contribution in [0.2, 0.25) is 0 Å². The number of methoxy groups -OCH3 is 1. The van der Waals surface area contributed by atoms with Gasteiger partial charge >= 0.3 is 0 Å². The summed E-state index contributed by atoms with van der Waals surface area (Å²) in [7, 11) is 3.63. The van der Waals surface area contributed by atoms with E-state index < -0.39 is 0 Å². The van der Waals surface area contributed by atoms with E-state index in [1.165, 1.54) is 0 Å². The van der Waals surface area contributed by atoms with E-state index in [0.29, 0.717) is 11.8 Å². The van der Waals surface area contributed by atoms with Crippen molar-refractivity contribution in [3.63, 3.8) is 0 Å². The highest BCUT2D eigenvalue weighted by Gasteiger charge is 2.19. The molecule has 3 aromatic heterocycles. The number of ether oxygens (including phenoxy) is 1. The smallest absolute Gasteiger partial charge is 0.222 e. The average Bonchev–Trinajstić information content (AvgIpc) is 2.95. The van der Waals surface area contributed by atoms with Gasteiger partial charge in [0.2, 0.25) is 5.88 Å². The third kappa shape index (κ3) is 3.07.